The molecule has 25 nitrogen and oxygen atoms in total. The minimum absolute atomic E-state index is 0.0796. The van der Waals surface area contributed by atoms with Crippen LogP contribution in [0.15, 0.2) is 12.2 Å². The smallest absolute Gasteiger partial charge is 0.336 e. The largest absolute Gasteiger partial charge is 0.394 e. The number of allylic oxidation sites excluding steroid dienone is 2. The van der Waals surface area contributed by atoms with Gasteiger partial charge in [-0.1, -0.05) is 95.2 Å². The molecular formula is C65H116N11O14S+. The van der Waals surface area contributed by atoms with Crippen LogP contribution in [0.4, 0.5) is 0 Å². The van der Waals surface area contributed by atoms with Crippen LogP contribution in [0.5, 0.6) is 0 Å². The highest BCUT2D eigenvalue weighted by Gasteiger charge is 2.74. The molecule has 0 aromatic heterocycles. The van der Waals surface area contributed by atoms with Crippen LogP contribution < -0.4 is 21.3 Å². The molecule has 2 fully saturated rings. The monoisotopic (exact) mass is 1310 g/mol. The number of hydrogen-bond donors (Lipinski definition) is 6. The molecule has 0 aromatic rings. The molecule has 2 rings (SSSR count). The van der Waals surface area contributed by atoms with Gasteiger partial charge in [-0.15, -0.1) is 11.8 Å². The molecule has 2 aliphatic heterocycles. The van der Waals surface area contributed by atoms with Crippen LogP contribution in [-0.2, 0) is 57.5 Å². The number of aliphatic hydroxyl groups excluding tert-OH is 2. The number of aliphatic hydroxyl groups is 2. The van der Waals surface area contributed by atoms with E-state index in [0.29, 0.717) is 0 Å². The van der Waals surface area contributed by atoms with Crippen molar-refractivity contribution in [3.05, 3.63) is 12.2 Å². The Labute approximate surface area is 547 Å². The summed E-state index contributed by atoms with van der Waals surface area (Å²) in [5, 5.41) is 34.2. The van der Waals surface area contributed by atoms with E-state index in [1.807, 2.05) is 47.8 Å². The first-order chi connectivity index (χ1) is 42.0. The third kappa shape index (κ3) is 20.2. The highest BCUT2D eigenvalue weighted by Crippen LogP contribution is 2.45. The maximum Gasteiger partial charge on any atom is 0.336 e. The van der Waals surface area contributed by atoms with Gasteiger partial charge in [0.15, 0.2) is 6.04 Å². The van der Waals surface area contributed by atoms with Gasteiger partial charge in [-0.05, 0) is 96.1 Å². The maximum atomic E-state index is 15.3. The molecule has 0 aromatic carbocycles. The quantitative estimate of drug-likeness (QED) is 0.0498. The number of nitrogens with zero attached hydrogens (tertiary/aromatic N) is 7. The van der Waals surface area contributed by atoms with E-state index in [2.05, 4.69) is 21.3 Å². The lowest BCUT2D eigenvalue weighted by Crippen LogP contribution is -2.64. The molecule has 520 valence electrons. The van der Waals surface area contributed by atoms with Crippen LogP contribution in [0.1, 0.15) is 150 Å². The van der Waals surface area contributed by atoms with E-state index in [1.165, 1.54) is 82.6 Å². The summed E-state index contributed by atoms with van der Waals surface area (Å²) < 4.78 is 5.70. The van der Waals surface area contributed by atoms with Crippen LogP contribution in [-0.4, -0.2) is 261 Å². The second kappa shape index (κ2) is 35.0. The SMILES string of the molecule is C/C=C/C[C@@H](C)[C@@H](O)[C@H]1C(=O)N[C@@H](CC)C(=O)N(C)C(CO)C(=O)N(C)[C@@H](CC(C)(C)OCSC)C(=O)N[C@@H](C(C)C)C(=O)N(C)[C@@H](CC(C)C)C(=O)N[C@@H](C)C(=O)N[C@H](C)C(=O)[N+]2(C)C(C(C)C)[C@@H]2C(=O)N(C)[C@@H](CC(C)C)C(=O)N(C)[C@@H](C(C)C)C(=O)N1C. The van der Waals surface area contributed by atoms with Gasteiger partial charge in [0.25, 0.3) is 5.91 Å². The summed E-state index contributed by atoms with van der Waals surface area (Å²) in [5.41, 5.74) is -1.09. The molecule has 0 bridgehead atoms. The molecule has 2 heterocycles. The van der Waals surface area contributed by atoms with E-state index < -0.39 is 178 Å². The van der Waals surface area contributed by atoms with Crippen molar-refractivity contribution in [2.45, 2.75) is 234 Å². The fraction of sp³-hybridized carbons (Fsp3) is 0.800. The van der Waals surface area contributed by atoms with Gasteiger partial charge in [0.05, 0.1) is 31.3 Å². The molecule has 0 radical (unpaired) electrons. The van der Waals surface area contributed by atoms with Gasteiger partial charge in [-0.2, -0.15) is 0 Å². The summed E-state index contributed by atoms with van der Waals surface area (Å²) in [6, 6.07) is -15.1. The Kier molecular flexibility index (Phi) is 31.3. The first-order valence-corrected chi connectivity index (χ1v) is 33.6. The zero-order chi connectivity index (χ0) is 70.4. The molecule has 2 aliphatic rings. The fourth-order valence-corrected chi connectivity index (χ4v) is 12.9. The molecule has 6 N–H and O–H groups in total. The lowest BCUT2D eigenvalue weighted by molar-refractivity contribution is -0.723. The molecule has 26 heteroatoms. The van der Waals surface area contributed by atoms with Crippen molar-refractivity contribution in [2.75, 3.05) is 68.1 Å². The first kappa shape index (κ1) is 81.4. The highest BCUT2D eigenvalue weighted by atomic mass is 32.2. The summed E-state index contributed by atoms with van der Waals surface area (Å²) in [4.78, 5) is 170. The van der Waals surface area contributed by atoms with Crippen LogP contribution in [0.25, 0.3) is 0 Å². The minimum Gasteiger partial charge on any atom is -0.394 e. The molecule has 15 atom stereocenters. The third-order valence-electron chi connectivity index (χ3n) is 18.2. The molecular weight excluding hydrogens is 1190 g/mol. The van der Waals surface area contributed by atoms with Gasteiger partial charge in [-0.25, -0.2) is 9.28 Å². The number of thioether (sulfide) groups is 1. The van der Waals surface area contributed by atoms with Crippen molar-refractivity contribution in [1.82, 2.24) is 50.7 Å². The molecule has 11 amide bonds. The number of amides is 11. The summed E-state index contributed by atoms with van der Waals surface area (Å²) in [5.74, 6) is -10.3. The molecule has 0 spiro atoms. The number of quaternary nitrogens is 1. The van der Waals surface area contributed by atoms with Gasteiger partial charge in [0, 0.05) is 54.6 Å². The first-order valence-electron chi connectivity index (χ1n) is 32.3. The Morgan fingerprint density at radius 3 is 1.55 bits per heavy atom. The summed E-state index contributed by atoms with van der Waals surface area (Å²) in [6.45, 7) is 28.4. The Morgan fingerprint density at radius 2 is 1.07 bits per heavy atom. The number of ether oxygens (including phenoxy) is 1. The predicted octanol–water partition coefficient (Wildman–Crippen LogP) is 2.60. The van der Waals surface area contributed by atoms with Gasteiger partial charge < -0.3 is 65.6 Å². The lowest BCUT2D eigenvalue weighted by atomic mass is 9.91. The van der Waals surface area contributed by atoms with Gasteiger partial charge in [0.2, 0.25) is 59.2 Å². The molecule has 0 aliphatic carbocycles. The number of rotatable bonds is 18. The molecule has 0 saturated carbocycles. The Morgan fingerprint density at radius 1 is 0.582 bits per heavy atom. The van der Waals surface area contributed by atoms with Crippen LogP contribution >= 0.6 is 11.8 Å². The van der Waals surface area contributed by atoms with Crippen LogP contribution in [0, 0.1) is 35.5 Å². The van der Waals surface area contributed by atoms with Crippen LogP contribution in [0.2, 0.25) is 0 Å². The molecule has 91 heavy (non-hydrogen) atoms. The van der Waals surface area contributed by atoms with Gasteiger partial charge >= 0.3 is 5.91 Å². The number of nitrogens with one attached hydrogen (secondary N) is 4. The summed E-state index contributed by atoms with van der Waals surface area (Å²) >= 11 is 1.37. The van der Waals surface area contributed by atoms with Crippen molar-refractivity contribution in [3.63, 3.8) is 0 Å². The van der Waals surface area contributed by atoms with E-state index in [-0.39, 0.29) is 55.8 Å². The van der Waals surface area contributed by atoms with Crippen molar-refractivity contribution < 1.29 is 72.2 Å². The standard InChI is InChI=1S/C65H115N11O14S/c1-26-28-29-40(13)53(78)50-57(82)68-43(27-2)58(83)73(21)47(33-77)60(85)72(20)46(32-65(16,17)90-34-91-25)56(81)69-48(37(7)8)61(86)70(18)44(30-35(3)4)55(80)66-41(14)54(79)67-42(15)64(89)76(24)51(39(11)12)52(76)63(88)71(19)45(31-36(5)6)59(84)74(22)49(38(9)10)62(87)75(50)23/h26,28,35-53,77-78H,27,29-34H2,1-25H3,(H3-,66,67,68,69,79,80,81,82)/p+1/b28-26+/t40-,41+,42-,43+,44+,45+,46+,47?,48+,49+,50+,51?,52-,53-,76?/m1/s1. The Hall–Kier alpha value is -5.70. The molecule has 3 unspecified atom stereocenters. The van der Waals surface area contributed by atoms with E-state index in [9.17, 15) is 48.6 Å². The second-order valence-corrected chi connectivity index (χ2v) is 28.8. The Bertz CT molecular complexity index is 2580. The predicted molar refractivity (Wildman–Crippen MR) is 351 cm³/mol. The highest BCUT2D eigenvalue weighted by molar-refractivity contribution is 7.98. The number of likely N-dealkylation sites (N-methyl/N-ethyl adjacent to an activating group) is 7. The zero-order valence-electron chi connectivity index (χ0n) is 59.4. The second-order valence-electron chi connectivity index (χ2n) is 27.9. The van der Waals surface area contributed by atoms with E-state index in [4.69, 9.17) is 4.74 Å². The van der Waals surface area contributed by atoms with Gasteiger partial charge in [-0.3, -0.25) is 47.9 Å². The topological polar surface area (TPSA) is 305 Å². The summed E-state index contributed by atoms with van der Waals surface area (Å²) in [7, 11) is 9.82. The third-order valence-corrected chi connectivity index (χ3v) is 18.5. The average Bonchev–Trinajstić information content (AvgIpc) is 1.54. The number of hydrogen-bond acceptors (Lipinski definition) is 15. The minimum atomic E-state index is -1.68. The Balaban J connectivity index is 3.08. The number of fused-ring (bicyclic) bond motifs is 1. The maximum absolute atomic E-state index is 15.3. The normalized spacial score (nSPS) is 29.6. The fourth-order valence-electron chi connectivity index (χ4n) is 12.4. The number of carbonyl (C=O) groups is 11. The van der Waals surface area contributed by atoms with E-state index in [0.717, 1.165) is 14.7 Å². The van der Waals surface area contributed by atoms with Crippen molar-refractivity contribution in [3.8, 4) is 0 Å². The van der Waals surface area contributed by atoms with Crippen molar-refractivity contribution in [1.29, 1.82) is 0 Å². The average molecular weight is 1310 g/mol. The number of carbonyl (C=O) groups excluding carboxylic acids is 11. The van der Waals surface area contributed by atoms with Gasteiger partial charge in [0.1, 0.15) is 60.4 Å². The van der Waals surface area contributed by atoms with E-state index in [1.54, 1.807) is 81.5 Å². The van der Waals surface area contributed by atoms with Crippen molar-refractivity contribution in [2.24, 2.45) is 35.5 Å². The zero-order valence-corrected chi connectivity index (χ0v) is 60.2. The lowest BCUT2D eigenvalue weighted by Gasteiger charge is -2.41. The van der Waals surface area contributed by atoms with E-state index >= 15 is 14.4 Å². The van der Waals surface area contributed by atoms with Crippen LogP contribution in [0.3, 0.4) is 0 Å². The summed E-state index contributed by atoms with van der Waals surface area (Å²) in [6.07, 6.45) is 4.11. The van der Waals surface area contributed by atoms with Crippen molar-refractivity contribution >= 4 is 76.7 Å². The molecule has 2 saturated heterocycles.